The van der Waals surface area contributed by atoms with Crippen LogP contribution in [0, 0.1) is 0 Å². The van der Waals surface area contributed by atoms with Gasteiger partial charge in [0.25, 0.3) is 0 Å². The highest BCUT2D eigenvalue weighted by molar-refractivity contribution is 5.47. The van der Waals surface area contributed by atoms with Crippen molar-refractivity contribution in [2.45, 2.75) is 6.92 Å². The van der Waals surface area contributed by atoms with Crippen LogP contribution < -0.4 is 10.1 Å². The highest BCUT2D eigenvalue weighted by atomic mass is 16.5. The first-order valence-electron chi connectivity index (χ1n) is 4.38. The third-order valence-electron chi connectivity index (χ3n) is 1.70. The van der Waals surface area contributed by atoms with Gasteiger partial charge in [0.1, 0.15) is 12.4 Å². The van der Waals surface area contributed by atoms with Gasteiger partial charge in [0, 0.05) is 18.8 Å². The molecule has 1 N–H and O–H groups in total. The molecule has 1 aromatic carbocycles. The van der Waals surface area contributed by atoms with Crippen LogP contribution in [0.15, 0.2) is 36.4 Å². The molecule has 2 heteroatoms. The molecule has 0 heterocycles. The Balaban J connectivity index is 2.56. The summed E-state index contributed by atoms with van der Waals surface area (Å²) in [7, 11) is 1.89. The zero-order valence-electron chi connectivity index (χ0n) is 8.08. The van der Waals surface area contributed by atoms with Crippen LogP contribution in [0.5, 0.6) is 5.75 Å². The maximum atomic E-state index is 5.46. The molecule has 0 spiro atoms. The van der Waals surface area contributed by atoms with Gasteiger partial charge >= 0.3 is 0 Å². The number of nitrogens with one attached hydrogen (secondary N) is 1. The van der Waals surface area contributed by atoms with Gasteiger partial charge in [-0.3, -0.25) is 0 Å². The van der Waals surface area contributed by atoms with Crippen molar-refractivity contribution in [1.82, 2.24) is 0 Å². The lowest BCUT2D eigenvalue weighted by Crippen LogP contribution is -1.94. The molecule has 1 aromatic rings. The molecule has 13 heavy (non-hydrogen) atoms. The Bertz CT molecular complexity index is 281. The topological polar surface area (TPSA) is 21.3 Å². The second-order valence-electron chi connectivity index (χ2n) is 2.66. The molecular weight excluding hydrogens is 162 g/mol. The Morgan fingerprint density at radius 2 is 2.31 bits per heavy atom. The fraction of sp³-hybridized carbons (Fsp3) is 0.273. The third kappa shape index (κ3) is 3.20. The summed E-state index contributed by atoms with van der Waals surface area (Å²) in [4.78, 5) is 0. The van der Waals surface area contributed by atoms with Crippen LogP contribution in [0.2, 0.25) is 0 Å². The van der Waals surface area contributed by atoms with Crippen LogP contribution in [0.4, 0.5) is 5.69 Å². The first-order valence-corrected chi connectivity index (χ1v) is 4.38. The van der Waals surface area contributed by atoms with Gasteiger partial charge in [0.15, 0.2) is 0 Å². The molecule has 70 valence electrons. The number of benzene rings is 1. The van der Waals surface area contributed by atoms with Crippen LogP contribution >= 0.6 is 0 Å². The van der Waals surface area contributed by atoms with Crippen molar-refractivity contribution in [2.75, 3.05) is 19.0 Å². The maximum Gasteiger partial charge on any atom is 0.121 e. The van der Waals surface area contributed by atoms with Crippen molar-refractivity contribution in [1.29, 1.82) is 0 Å². The molecule has 0 saturated carbocycles. The third-order valence-corrected chi connectivity index (χ3v) is 1.70. The van der Waals surface area contributed by atoms with Crippen LogP contribution in [-0.4, -0.2) is 13.7 Å². The number of anilines is 1. The molecule has 0 fully saturated rings. The smallest absolute Gasteiger partial charge is 0.121 e. The van der Waals surface area contributed by atoms with E-state index in [1.807, 2.05) is 50.4 Å². The Labute approximate surface area is 79.2 Å². The van der Waals surface area contributed by atoms with E-state index in [-0.39, 0.29) is 0 Å². The number of hydrogen-bond donors (Lipinski definition) is 1. The van der Waals surface area contributed by atoms with Gasteiger partial charge in [-0.25, -0.2) is 0 Å². The quantitative estimate of drug-likeness (QED) is 0.714. The zero-order valence-corrected chi connectivity index (χ0v) is 8.08. The summed E-state index contributed by atoms with van der Waals surface area (Å²) in [6.45, 7) is 2.61. The van der Waals surface area contributed by atoms with Crippen molar-refractivity contribution in [2.24, 2.45) is 0 Å². The minimum atomic E-state index is 0.629. The normalized spacial score (nSPS) is 10.3. The lowest BCUT2D eigenvalue weighted by Gasteiger charge is -2.05. The molecular formula is C11H15NO. The number of rotatable bonds is 4. The minimum Gasteiger partial charge on any atom is -0.489 e. The molecule has 0 saturated heterocycles. The Morgan fingerprint density at radius 3 is 3.00 bits per heavy atom. The summed E-state index contributed by atoms with van der Waals surface area (Å²) in [6, 6.07) is 7.90. The minimum absolute atomic E-state index is 0.629. The van der Waals surface area contributed by atoms with Gasteiger partial charge in [-0.15, -0.1) is 0 Å². The number of hydrogen-bond acceptors (Lipinski definition) is 2. The number of ether oxygens (including phenoxy) is 1. The molecule has 0 bridgehead atoms. The summed E-state index contributed by atoms with van der Waals surface area (Å²) in [5.41, 5.74) is 1.07. The van der Waals surface area contributed by atoms with Crippen molar-refractivity contribution in [3.05, 3.63) is 36.4 Å². The van der Waals surface area contributed by atoms with E-state index in [4.69, 9.17) is 4.74 Å². The summed E-state index contributed by atoms with van der Waals surface area (Å²) in [5, 5.41) is 3.06. The lowest BCUT2D eigenvalue weighted by molar-refractivity contribution is 0.363. The predicted octanol–water partition coefficient (Wildman–Crippen LogP) is 2.68. The first-order chi connectivity index (χ1) is 6.36. The van der Waals surface area contributed by atoms with Crippen molar-refractivity contribution >= 4 is 5.69 Å². The molecule has 0 unspecified atom stereocenters. The van der Waals surface area contributed by atoms with Crippen molar-refractivity contribution in [3.63, 3.8) is 0 Å². The maximum absolute atomic E-state index is 5.46. The fourth-order valence-corrected chi connectivity index (χ4v) is 0.982. The predicted molar refractivity (Wildman–Crippen MR) is 56.3 cm³/mol. The molecule has 2 nitrogen and oxygen atoms in total. The van der Waals surface area contributed by atoms with Crippen LogP contribution in [-0.2, 0) is 0 Å². The van der Waals surface area contributed by atoms with E-state index in [0.717, 1.165) is 11.4 Å². The average Bonchev–Trinajstić information content (AvgIpc) is 2.19. The van der Waals surface area contributed by atoms with Crippen molar-refractivity contribution in [3.8, 4) is 5.75 Å². The molecule has 0 radical (unpaired) electrons. The second kappa shape index (κ2) is 5.25. The Hall–Kier alpha value is -1.44. The van der Waals surface area contributed by atoms with E-state index in [0.29, 0.717) is 6.61 Å². The van der Waals surface area contributed by atoms with Crippen molar-refractivity contribution < 1.29 is 4.74 Å². The SMILES string of the molecule is CC=CCOc1cccc(NC)c1. The Morgan fingerprint density at radius 1 is 1.46 bits per heavy atom. The fourth-order valence-electron chi connectivity index (χ4n) is 0.982. The molecule has 0 aliphatic heterocycles. The van der Waals surface area contributed by atoms with E-state index >= 15 is 0 Å². The van der Waals surface area contributed by atoms with Gasteiger partial charge in [-0.2, -0.15) is 0 Å². The molecule has 0 amide bonds. The summed E-state index contributed by atoms with van der Waals surface area (Å²) >= 11 is 0. The van der Waals surface area contributed by atoms with Gasteiger partial charge in [0.05, 0.1) is 0 Å². The molecule has 0 aromatic heterocycles. The van der Waals surface area contributed by atoms with Crippen LogP contribution in [0.3, 0.4) is 0 Å². The van der Waals surface area contributed by atoms with Gasteiger partial charge in [0.2, 0.25) is 0 Å². The van der Waals surface area contributed by atoms with Gasteiger partial charge in [-0.05, 0) is 19.1 Å². The van der Waals surface area contributed by atoms with Gasteiger partial charge < -0.3 is 10.1 Å². The summed E-state index contributed by atoms with van der Waals surface area (Å²) < 4.78 is 5.46. The largest absolute Gasteiger partial charge is 0.489 e. The van der Waals surface area contributed by atoms with Crippen LogP contribution in [0.25, 0.3) is 0 Å². The lowest BCUT2D eigenvalue weighted by atomic mass is 10.3. The number of allylic oxidation sites excluding steroid dienone is 1. The molecule has 0 atom stereocenters. The Kier molecular flexibility index (Phi) is 3.89. The highest BCUT2D eigenvalue weighted by Gasteiger charge is 1.92. The average molecular weight is 177 g/mol. The van der Waals surface area contributed by atoms with E-state index in [1.54, 1.807) is 0 Å². The second-order valence-corrected chi connectivity index (χ2v) is 2.66. The molecule has 0 aliphatic rings. The zero-order chi connectivity index (χ0) is 9.52. The monoisotopic (exact) mass is 177 g/mol. The highest BCUT2D eigenvalue weighted by Crippen LogP contribution is 2.16. The summed E-state index contributed by atoms with van der Waals surface area (Å²) in [6.07, 6.45) is 3.95. The van der Waals surface area contributed by atoms with Gasteiger partial charge in [-0.1, -0.05) is 18.2 Å². The van der Waals surface area contributed by atoms with E-state index in [9.17, 15) is 0 Å². The van der Waals surface area contributed by atoms with E-state index in [1.165, 1.54) is 0 Å². The molecule has 1 rings (SSSR count). The summed E-state index contributed by atoms with van der Waals surface area (Å²) in [5.74, 6) is 0.893. The van der Waals surface area contributed by atoms with E-state index in [2.05, 4.69) is 5.32 Å². The molecule has 0 aliphatic carbocycles. The standard InChI is InChI=1S/C11H15NO/c1-3-4-8-13-11-7-5-6-10(9-11)12-2/h3-7,9,12H,8H2,1-2H3. The van der Waals surface area contributed by atoms with E-state index < -0.39 is 0 Å². The van der Waals surface area contributed by atoms with Crippen LogP contribution in [0.1, 0.15) is 6.92 Å². The first kappa shape index (κ1) is 9.65.